The maximum Gasteiger partial charge on any atom is 0.433 e. The standard InChI is InChI=1S/C12H8Cl2F3N3/c1-6-7(13)3-2-4-8(6)18-10-5-9(12(15,16)17)19-11(14)20-10/h2-5H,1H3,(H,18,19,20). The van der Waals surface area contributed by atoms with Gasteiger partial charge in [0.15, 0.2) is 5.69 Å². The van der Waals surface area contributed by atoms with Crippen LogP contribution in [0.5, 0.6) is 0 Å². The van der Waals surface area contributed by atoms with Gasteiger partial charge < -0.3 is 5.32 Å². The second-order valence-corrected chi connectivity index (χ2v) is 4.69. The lowest BCUT2D eigenvalue weighted by Gasteiger charge is -2.12. The number of anilines is 2. The zero-order chi connectivity index (χ0) is 14.9. The number of halogens is 5. The van der Waals surface area contributed by atoms with E-state index >= 15 is 0 Å². The summed E-state index contributed by atoms with van der Waals surface area (Å²) >= 11 is 11.4. The van der Waals surface area contributed by atoms with Gasteiger partial charge >= 0.3 is 6.18 Å². The molecule has 1 N–H and O–H groups in total. The monoisotopic (exact) mass is 321 g/mol. The van der Waals surface area contributed by atoms with Crippen LogP contribution in [0.1, 0.15) is 11.3 Å². The van der Waals surface area contributed by atoms with E-state index in [0.29, 0.717) is 16.3 Å². The van der Waals surface area contributed by atoms with Crippen molar-refractivity contribution in [3.8, 4) is 0 Å². The number of benzene rings is 1. The van der Waals surface area contributed by atoms with Crippen molar-refractivity contribution in [1.82, 2.24) is 9.97 Å². The smallest absolute Gasteiger partial charge is 0.340 e. The van der Waals surface area contributed by atoms with E-state index in [1.807, 2.05) is 0 Å². The highest BCUT2D eigenvalue weighted by molar-refractivity contribution is 6.31. The molecule has 0 saturated carbocycles. The normalized spacial score (nSPS) is 11.5. The summed E-state index contributed by atoms with van der Waals surface area (Å²) in [7, 11) is 0. The summed E-state index contributed by atoms with van der Waals surface area (Å²) in [6.07, 6.45) is -4.59. The van der Waals surface area contributed by atoms with Crippen molar-refractivity contribution in [2.75, 3.05) is 5.32 Å². The molecule has 0 unspecified atom stereocenters. The minimum atomic E-state index is -4.59. The van der Waals surface area contributed by atoms with E-state index in [1.165, 1.54) is 0 Å². The first kappa shape index (κ1) is 14.9. The zero-order valence-electron chi connectivity index (χ0n) is 10.1. The maximum atomic E-state index is 12.6. The predicted octanol–water partition coefficient (Wildman–Crippen LogP) is 4.85. The Labute approximate surface area is 122 Å². The van der Waals surface area contributed by atoms with E-state index in [4.69, 9.17) is 23.2 Å². The molecule has 0 amide bonds. The molecule has 0 bridgehead atoms. The van der Waals surface area contributed by atoms with Crippen LogP contribution in [0.3, 0.4) is 0 Å². The van der Waals surface area contributed by atoms with Gasteiger partial charge in [-0.2, -0.15) is 13.2 Å². The fourth-order valence-corrected chi connectivity index (χ4v) is 1.86. The molecule has 1 aromatic heterocycles. The minimum Gasteiger partial charge on any atom is -0.340 e. The lowest BCUT2D eigenvalue weighted by Crippen LogP contribution is -2.10. The van der Waals surface area contributed by atoms with Crippen LogP contribution in [-0.2, 0) is 6.18 Å². The van der Waals surface area contributed by atoms with Crippen molar-refractivity contribution in [3.05, 3.63) is 45.8 Å². The van der Waals surface area contributed by atoms with Gasteiger partial charge in [-0.05, 0) is 36.2 Å². The SMILES string of the molecule is Cc1c(Cl)cccc1Nc1cc(C(F)(F)F)nc(Cl)n1. The van der Waals surface area contributed by atoms with E-state index in [-0.39, 0.29) is 5.82 Å². The fraction of sp³-hybridized carbons (Fsp3) is 0.167. The number of rotatable bonds is 2. The molecule has 0 aliphatic heterocycles. The highest BCUT2D eigenvalue weighted by atomic mass is 35.5. The van der Waals surface area contributed by atoms with E-state index in [0.717, 1.165) is 6.07 Å². The Balaban J connectivity index is 2.39. The molecule has 0 fully saturated rings. The Morgan fingerprint density at radius 1 is 1.15 bits per heavy atom. The van der Waals surface area contributed by atoms with Crippen LogP contribution in [0.2, 0.25) is 10.3 Å². The average molecular weight is 322 g/mol. The molecule has 1 aromatic carbocycles. The van der Waals surface area contributed by atoms with E-state index in [2.05, 4.69) is 15.3 Å². The van der Waals surface area contributed by atoms with Crippen LogP contribution in [0.4, 0.5) is 24.7 Å². The van der Waals surface area contributed by atoms with Gasteiger partial charge in [0.05, 0.1) is 0 Å². The molecular formula is C12H8Cl2F3N3. The molecule has 3 nitrogen and oxygen atoms in total. The summed E-state index contributed by atoms with van der Waals surface area (Å²) in [5.41, 5.74) is 0.123. The number of nitrogens with one attached hydrogen (secondary N) is 1. The number of hydrogen-bond donors (Lipinski definition) is 1. The van der Waals surface area contributed by atoms with Gasteiger partial charge in [0, 0.05) is 16.8 Å². The Bertz CT molecular complexity index is 644. The zero-order valence-corrected chi connectivity index (χ0v) is 11.6. The van der Waals surface area contributed by atoms with Crippen molar-refractivity contribution < 1.29 is 13.2 Å². The Morgan fingerprint density at radius 3 is 2.50 bits per heavy atom. The quantitative estimate of drug-likeness (QED) is 0.803. The summed E-state index contributed by atoms with van der Waals surface area (Å²) in [4.78, 5) is 6.86. The van der Waals surface area contributed by atoms with Gasteiger partial charge in [0.2, 0.25) is 5.28 Å². The van der Waals surface area contributed by atoms with Crippen LogP contribution in [0, 0.1) is 6.92 Å². The van der Waals surface area contributed by atoms with Crippen molar-refractivity contribution in [2.45, 2.75) is 13.1 Å². The first-order valence-electron chi connectivity index (χ1n) is 5.41. The fourth-order valence-electron chi connectivity index (χ4n) is 1.51. The first-order valence-corrected chi connectivity index (χ1v) is 6.17. The van der Waals surface area contributed by atoms with Gasteiger partial charge in [0.25, 0.3) is 0 Å². The second-order valence-electron chi connectivity index (χ2n) is 3.94. The van der Waals surface area contributed by atoms with E-state index in [1.54, 1.807) is 25.1 Å². The molecule has 1 heterocycles. The average Bonchev–Trinajstić information content (AvgIpc) is 2.33. The van der Waals surface area contributed by atoms with Crippen molar-refractivity contribution in [3.63, 3.8) is 0 Å². The van der Waals surface area contributed by atoms with Crippen LogP contribution in [0.15, 0.2) is 24.3 Å². The van der Waals surface area contributed by atoms with Crippen LogP contribution < -0.4 is 5.32 Å². The van der Waals surface area contributed by atoms with E-state index in [9.17, 15) is 13.2 Å². The lowest BCUT2D eigenvalue weighted by atomic mass is 10.2. The van der Waals surface area contributed by atoms with Gasteiger partial charge in [0.1, 0.15) is 5.82 Å². The van der Waals surface area contributed by atoms with Crippen molar-refractivity contribution in [1.29, 1.82) is 0 Å². The summed E-state index contributed by atoms with van der Waals surface area (Å²) in [6, 6.07) is 5.80. The number of hydrogen-bond acceptors (Lipinski definition) is 3. The van der Waals surface area contributed by atoms with Crippen LogP contribution in [0.25, 0.3) is 0 Å². The predicted molar refractivity (Wildman–Crippen MR) is 71.5 cm³/mol. The summed E-state index contributed by atoms with van der Waals surface area (Å²) in [5, 5.41) is 2.75. The number of alkyl halides is 3. The number of nitrogens with zero attached hydrogens (tertiary/aromatic N) is 2. The Hall–Kier alpha value is -1.53. The first-order chi connectivity index (χ1) is 9.27. The topological polar surface area (TPSA) is 37.8 Å². The molecular weight excluding hydrogens is 314 g/mol. The summed E-state index contributed by atoms with van der Waals surface area (Å²) in [5.74, 6) is -0.0531. The van der Waals surface area contributed by atoms with Gasteiger partial charge in [-0.1, -0.05) is 17.7 Å². The molecule has 2 aromatic rings. The highest BCUT2D eigenvalue weighted by Gasteiger charge is 2.33. The van der Waals surface area contributed by atoms with Crippen molar-refractivity contribution >= 4 is 34.7 Å². The molecule has 0 spiro atoms. The van der Waals surface area contributed by atoms with E-state index < -0.39 is 17.2 Å². The molecule has 20 heavy (non-hydrogen) atoms. The molecule has 0 saturated heterocycles. The third kappa shape index (κ3) is 3.32. The molecule has 8 heteroatoms. The molecule has 106 valence electrons. The van der Waals surface area contributed by atoms with Crippen LogP contribution >= 0.6 is 23.2 Å². The summed E-state index contributed by atoms with van der Waals surface area (Å²) < 4.78 is 37.9. The molecule has 0 aliphatic rings. The summed E-state index contributed by atoms with van der Waals surface area (Å²) in [6.45, 7) is 1.73. The Morgan fingerprint density at radius 2 is 1.85 bits per heavy atom. The molecule has 0 radical (unpaired) electrons. The molecule has 0 aliphatic carbocycles. The maximum absolute atomic E-state index is 12.6. The molecule has 2 rings (SSSR count). The highest BCUT2D eigenvalue weighted by Crippen LogP contribution is 2.31. The third-order valence-corrected chi connectivity index (χ3v) is 3.10. The second kappa shape index (κ2) is 5.46. The Kier molecular flexibility index (Phi) is 4.06. The van der Waals surface area contributed by atoms with Gasteiger partial charge in [-0.3, -0.25) is 0 Å². The largest absolute Gasteiger partial charge is 0.433 e. The minimum absolute atomic E-state index is 0.0531. The van der Waals surface area contributed by atoms with Gasteiger partial charge in [-0.15, -0.1) is 0 Å². The number of aromatic nitrogens is 2. The molecule has 0 atom stereocenters. The van der Waals surface area contributed by atoms with Crippen molar-refractivity contribution in [2.24, 2.45) is 0 Å². The van der Waals surface area contributed by atoms with Gasteiger partial charge in [-0.25, -0.2) is 9.97 Å². The van der Waals surface area contributed by atoms with Crippen LogP contribution in [-0.4, -0.2) is 9.97 Å². The third-order valence-electron chi connectivity index (χ3n) is 2.52. The lowest BCUT2D eigenvalue weighted by molar-refractivity contribution is -0.141.